The molecular formula is C27H54BrN3. The second-order valence-electron chi connectivity index (χ2n) is 9.66. The molecule has 3 nitrogen and oxygen atoms in total. The first kappa shape index (κ1) is 30.6. The van der Waals surface area contributed by atoms with Crippen molar-refractivity contribution in [3.63, 3.8) is 0 Å². The number of hydrogen-bond acceptors (Lipinski definition) is 2. The Morgan fingerprint density at radius 3 is 1.52 bits per heavy atom. The molecule has 0 bridgehead atoms. The lowest BCUT2D eigenvalue weighted by atomic mass is 10.00. The minimum atomic E-state index is 0. The fourth-order valence-electron chi connectivity index (χ4n) is 4.49. The SMILES string of the molecule is Br.CCCCCCCCCCCCCCCCCCCC(CCC(C)N)n1ccnc1. The van der Waals surface area contributed by atoms with Gasteiger partial charge in [0.15, 0.2) is 0 Å². The normalized spacial score (nSPS) is 13.1. The van der Waals surface area contributed by atoms with E-state index in [9.17, 15) is 0 Å². The number of nitrogens with zero attached hydrogens (tertiary/aromatic N) is 2. The van der Waals surface area contributed by atoms with E-state index in [1.54, 1.807) is 0 Å². The molecule has 0 aliphatic carbocycles. The minimum Gasteiger partial charge on any atom is -0.334 e. The summed E-state index contributed by atoms with van der Waals surface area (Å²) in [6, 6.07) is 0.876. The van der Waals surface area contributed by atoms with Gasteiger partial charge >= 0.3 is 0 Å². The third-order valence-corrected chi connectivity index (χ3v) is 6.54. The fraction of sp³-hybridized carbons (Fsp3) is 0.889. The third kappa shape index (κ3) is 18.9. The number of unbranched alkanes of at least 4 members (excludes halogenated alkanes) is 16. The predicted molar refractivity (Wildman–Crippen MR) is 143 cm³/mol. The van der Waals surface area contributed by atoms with Gasteiger partial charge < -0.3 is 10.3 Å². The molecule has 1 aromatic heterocycles. The van der Waals surface area contributed by atoms with Gasteiger partial charge in [0.1, 0.15) is 0 Å². The van der Waals surface area contributed by atoms with Crippen LogP contribution < -0.4 is 5.73 Å². The van der Waals surface area contributed by atoms with Gasteiger partial charge in [0.25, 0.3) is 0 Å². The Morgan fingerprint density at radius 2 is 1.13 bits per heavy atom. The van der Waals surface area contributed by atoms with Gasteiger partial charge in [-0.3, -0.25) is 0 Å². The molecule has 0 amide bonds. The summed E-state index contributed by atoms with van der Waals surface area (Å²) in [4.78, 5) is 4.23. The highest BCUT2D eigenvalue weighted by atomic mass is 79.9. The summed E-state index contributed by atoms with van der Waals surface area (Å²) in [5.74, 6) is 0. The quantitative estimate of drug-likeness (QED) is 0.161. The second kappa shape index (κ2) is 22.8. The largest absolute Gasteiger partial charge is 0.334 e. The molecule has 184 valence electrons. The van der Waals surface area contributed by atoms with Gasteiger partial charge in [0.05, 0.1) is 6.33 Å². The lowest BCUT2D eigenvalue weighted by Crippen LogP contribution is -2.17. The van der Waals surface area contributed by atoms with E-state index in [1.807, 2.05) is 12.5 Å². The molecule has 0 fully saturated rings. The van der Waals surface area contributed by atoms with Crippen molar-refractivity contribution in [1.29, 1.82) is 0 Å². The molecule has 1 heterocycles. The second-order valence-corrected chi connectivity index (χ2v) is 9.66. The molecule has 0 aliphatic heterocycles. The van der Waals surface area contributed by atoms with Crippen LogP contribution in [0.1, 0.15) is 148 Å². The summed E-state index contributed by atoms with van der Waals surface area (Å²) in [5, 5.41) is 0. The zero-order valence-corrected chi connectivity index (χ0v) is 22.6. The van der Waals surface area contributed by atoms with Crippen molar-refractivity contribution >= 4 is 17.0 Å². The maximum Gasteiger partial charge on any atom is 0.0948 e. The number of aromatic nitrogens is 2. The molecule has 1 rings (SSSR count). The summed E-state index contributed by atoms with van der Waals surface area (Å²) in [7, 11) is 0. The molecule has 0 aliphatic rings. The van der Waals surface area contributed by atoms with Gasteiger partial charge in [-0.2, -0.15) is 0 Å². The van der Waals surface area contributed by atoms with Crippen molar-refractivity contribution in [2.24, 2.45) is 5.73 Å². The molecule has 0 radical (unpaired) electrons. The van der Waals surface area contributed by atoms with Gasteiger partial charge in [-0.15, -0.1) is 17.0 Å². The summed E-state index contributed by atoms with van der Waals surface area (Å²) in [6.45, 7) is 4.41. The van der Waals surface area contributed by atoms with E-state index in [-0.39, 0.29) is 17.0 Å². The van der Waals surface area contributed by atoms with Gasteiger partial charge in [0, 0.05) is 24.5 Å². The van der Waals surface area contributed by atoms with Crippen LogP contribution in [0.5, 0.6) is 0 Å². The zero-order valence-electron chi connectivity index (χ0n) is 20.9. The maximum absolute atomic E-state index is 5.96. The van der Waals surface area contributed by atoms with E-state index in [2.05, 4.69) is 29.6 Å². The van der Waals surface area contributed by atoms with Crippen molar-refractivity contribution in [1.82, 2.24) is 9.55 Å². The fourth-order valence-corrected chi connectivity index (χ4v) is 4.49. The van der Waals surface area contributed by atoms with Crippen molar-refractivity contribution in [3.05, 3.63) is 18.7 Å². The van der Waals surface area contributed by atoms with Crippen LogP contribution in [0.25, 0.3) is 0 Å². The minimum absolute atomic E-state index is 0. The van der Waals surface area contributed by atoms with Crippen LogP contribution in [0.2, 0.25) is 0 Å². The van der Waals surface area contributed by atoms with Crippen LogP contribution in [-0.4, -0.2) is 15.6 Å². The average molecular weight is 501 g/mol. The third-order valence-electron chi connectivity index (χ3n) is 6.54. The Balaban J connectivity index is 0.00000900. The molecule has 0 saturated carbocycles. The van der Waals surface area contributed by atoms with E-state index in [1.165, 1.54) is 122 Å². The molecule has 2 N–H and O–H groups in total. The first-order valence-corrected chi connectivity index (χ1v) is 13.5. The van der Waals surface area contributed by atoms with Gasteiger partial charge in [0.2, 0.25) is 0 Å². The highest BCUT2D eigenvalue weighted by molar-refractivity contribution is 8.93. The molecule has 0 saturated heterocycles. The number of nitrogens with two attached hydrogens (primary N) is 1. The van der Waals surface area contributed by atoms with E-state index >= 15 is 0 Å². The first-order valence-electron chi connectivity index (χ1n) is 13.5. The highest BCUT2D eigenvalue weighted by Gasteiger charge is 2.11. The molecule has 2 atom stereocenters. The van der Waals surface area contributed by atoms with Crippen LogP contribution in [0.15, 0.2) is 18.7 Å². The Labute approximate surface area is 205 Å². The lowest BCUT2D eigenvalue weighted by Gasteiger charge is -2.19. The van der Waals surface area contributed by atoms with E-state index in [0.29, 0.717) is 12.1 Å². The van der Waals surface area contributed by atoms with E-state index < -0.39 is 0 Å². The van der Waals surface area contributed by atoms with Crippen molar-refractivity contribution in [3.8, 4) is 0 Å². The Bertz CT molecular complexity index is 447. The standard InChI is InChI=1S/C27H53N3.BrH/c1-3-4-5-6-7-8-9-10-11-12-13-14-15-16-17-18-19-20-27(22-21-26(2)28)30-24-23-29-25-30;/h23-27H,3-22,28H2,1-2H3;1H. The predicted octanol–water partition coefficient (Wildman–Crippen LogP) is 9.17. The summed E-state index contributed by atoms with van der Waals surface area (Å²) in [6.07, 6.45) is 33.9. The molecule has 0 aromatic carbocycles. The molecule has 0 spiro atoms. The number of rotatable bonds is 22. The van der Waals surface area contributed by atoms with Crippen LogP contribution >= 0.6 is 17.0 Å². The molecular weight excluding hydrogens is 446 g/mol. The van der Waals surface area contributed by atoms with Crippen LogP contribution in [0.4, 0.5) is 0 Å². The highest BCUT2D eigenvalue weighted by Crippen LogP contribution is 2.22. The molecule has 1 aromatic rings. The van der Waals surface area contributed by atoms with Gasteiger partial charge in [-0.1, -0.05) is 116 Å². The Morgan fingerprint density at radius 1 is 0.677 bits per heavy atom. The number of hydrogen-bond donors (Lipinski definition) is 1. The number of halogens is 1. The zero-order chi connectivity index (χ0) is 21.7. The Kier molecular flexibility index (Phi) is 22.6. The van der Waals surface area contributed by atoms with Crippen molar-refractivity contribution in [2.75, 3.05) is 0 Å². The van der Waals surface area contributed by atoms with Crippen molar-refractivity contribution in [2.45, 2.75) is 154 Å². The lowest BCUT2D eigenvalue weighted by molar-refractivity contribution is 0.390. The first-order chi connectivity index (χ1) is 14.7. The van der Waals surface area contributed by atoms with Crippen molar-refractivity contribution < 1.29 is 0 Å². The molecule has 2 unspecified atom stereocenters. The van der Waals surface area contributed by atoms with E-state index in [4.69, 9.17) is 5.73 Å². The maximum atomic E-state index is 5.96. The summed E-state index contributed by atoms with van der Waals surface area (Å²) >= 11 is 0. The van der Waals surface area contributed by atoms with Gasteiger partial charge in [-0.25, -0.2) is 4.98 Å². The molecule has 31 heavy (non-hydrogen) atoms. The summed E-state index contributed by atoms with van der Waals surface area (Å²) < 4.78 is 2.29. The van der Waals surface area contributed by atoms with Crippen LogP contribution in [-0.2, 0) is 0 Å². The monoisotopic (exact) mass is 499 g/mol. The summed E-state index contributed by atoms with van der Waals surface area (Å²) in [5.41, 5.74) is 5.96. The number of imidazole rings is 1. The Hall–Kier alpha value is -0.350. The smallest absolute Gasteiger partial charge is 0.0948 e. The van der Waals surface area contributed by atoms with Crippen LogP contribution in [0.3, 0.4) is 0 Å². The molecule has 4 heteroatoms. The van der Waals surface area contributed by atoms with Crippen LogP contribution in [0, 0.1) is 0 Å². The van der Waals surface area contributed by atoms with E-state index in [0.717, 1.165) is 6.42 Å². The topological polar surface area (TPSA) is 43.8 Å². The average Bonchev–Trinajstić information content (AvgIpc) is 3.27. The van der Waals surface area contributed by atoms with Gasteiger partial charge in [-0.05, 0) is 26.2 Å².